The third-order valence-electron chi connectivity index (χ3n) is 5.56. The molecule has 0 aromatic heterocycles. The molecule has 2 N–H and O–H groups in total. The van der Waals surface area contributed by atoms with Gasteiger partial charge in [-0.15, -0.1) is 0 Å². The van der Waals surface area contributed by atoms with Gasteiger partial charge in [-0.25, -0.2) is 0 Å². The molecule has 3 nitrogen and oxygen atoms in total. The van der Waals surface area contributed by atoms with E-state index in [-0.39, 0.29) is 5.54 Å². The van der Waals surface area contributed by atoms with Gasteiger partial charge in [0.2, 0.25) is 0 Å². The third kappa shape index (κ3) is 3.05. The topological polar surface area (TPSA) is 27.3 Å². The van der Waals surface area contributed by atoms with Crippen LogP contribution in [0.1, 0.15) is 65.7 Å². The molecule has 2 aliphatic heterocycles. The van der Waals surface area contributed by atoms with E-state index in [9.17, 15) is 0 Å². The Morgan fingerprint density at radius 2 is 1.85 bits per heavy atom. The van der Waals surface area contributed by atoms with Crippen LogP contribution in [-0.4, -0.2) is 41.8 Å². The molecule has 0 aromatic rings. The first-order valence-corrected chi connectivity index (χ1v) is 8.81. The predicted molar refractivity (Wildman–Crippen MR) is 84.8 cm³/mol. The molecule has 3 aliphatic rings. The molecule has 20 heavy (non-hydrogen) atoms. The van der Waals surface area contributed by atoms with Gasteiger partial charge in [-0.3, -0.25) is 10.2 Å². The van der Waals surface area contributed by atoms with Gasteiger partial charge in [0.1, 0.15) is 0 Å². The van der Waals surface area contributed by atoms with Crippen molar-refractivity contribution in [3.05, 3.63) is 0 Å². The highest BCUT2D eigenvalue weighted by Gasteiger charge is 2.46. The Morgan fingerprint density at radius 3 is 2.55 bits per heavy atom. The molecule has 0 radical (unpaired) electrons. The summed E-state index contributed by atoms with van der Waals surface area (Å²) in [7, 11) is 0. The summed E-state index contributed by atoms with van der Waals surface area (Å²) < 4.78 is 0. The van der Waals surface area contributed by atoms with Crippen LogP contribution in [0.5, 0.6) is 0 Å². The minimum absolute atomic E-state index is 0.288. The Labute approximate surface area is 124 Å². The van der Waals surface area contributed by atoms with Crippen LogP contribution in [0, 0.1) is 5.92 Å². The second-order valence-corrected chi connectivity index (χ2v) is 8.17. The lowest BCUT2D eigenvalue weighted by Crippen LogP contribution is -2.52. The number of hydrogen-bond donors (Lipinski definition) is 2. The normalized spacial score (nSPS) is 39.8. The molecule has 1 aliphatic carbocycles. The van der Waals surface area contributed by atoms with Crippen molar-refractivity contribution in [1.29, 1.82) is 0 Å². The number of rotatable bonds is 2. The first kappa shape index (κ1) is 14.8. The SMILES string of the molecule is CC(C)(C)N1C(CC2CCCNC2)NC2CCCCC21. The molecule has 2 heterocycles. The van der Waals surface area contributed by atoms with Crippen molar-refractivity contribution in [3.63, 3.8) is 0 Å². The summed E-state index contributed by atoms with van der Waals surface area (Å²) in [6.45, 7) is 9.65. The number of piperidine rings is 1. The lowest BCUT2D eigenvalue weighted by molar-refractivity contribution is 0.0477. The number of nitrogens with one attached hydrogen (secondary N) is 2. The Bertz CT molecular complexity index is 317. The van der Waals surface area contributed by atoms with Crippen molar-refractivity contribution in [2.75, 3.05) is 13.1 Å². The van der Waals surface area contributed by atoms with Crippen molar-refractivity contribution in [3.8, 4) is 0 Å². The summed E-state index contributed by atoms with van der Waals surface area (Å²) in [4.78, 5) is 2.82. The van der Waals surface area contributed by atoms with E-state index in [1.807, 2.05) is 0 Å². The highest BCUT2D eigenvalue weighted by Crippen LogP contribution is 2.37. The molecule has 116 valence electrons. The van der Waals surface area contributed by atoms with Gasteiger partial charge in [-0.2, -0.15) is 0 Å². The molecule has 1 saturated carbocycles. The Morgan fingerprint density at radius 1 is 1.05 bits per heavy atom. The Hall–Kier alpha value is -0.120. The molecule has 2 saturated heterocycles. The maximum atomic E-state index is 3.99. The van der Waals surface area contributed by atoms with Crippen LogP contribution in [0.2, 0.25) is 0 Å². The second kappa shape index (κ2) is 5.94. The first-order valence-electron chi connectivity index (χ1n) is 8.81. The molecule has 4 unspecified atom stereocenters. The number of hydrogen-bond acceptors (Lipinski definition) is 3. The third-order valence-corrected chi connectivity index (χ3v) is 5.56. The zero-order valence-corrected chi connectivity index (χ0v) is 13.6. The fraction of sp³-hybridized carbons (Fsp3) is 1.00. The van der Waals surface area contributed by atoms with Gasteiger partial charge in [0.25, 0.3) is 0 Å². The zero-order valence-electron chi connectivity index (χ0n) is 13.6. The monoisotopic (exact) mass is 279 g/mol. The van der Waals surface area contributed by atoms with Crippen molar-refractivity contribution in [2.24, 2.45) is 5.92 Å². The number of fused-ring (bicyclic) bond motifs is 1. The largest absolute Gasteiger partial charge is 0.316 e. The van der Waals surface area contributed by atoms with Crippen LogP contribution in [0.25, 0.3) is 0 Å². The Kier molecular flexibility index (Phi) is 4.40. The maximum Gasteiger partial charge on any atom is 0.0610 e. The van der Waals surface area contributed by atoms with Crippen molar-refractivity contribution >= 4 is 0 Å². The fourth-order valence-electron chi connectivity index (χ4n) is 4.78. The molecule has 0 amide bonds. The van der Waals surface area contributed by atoms with Crippen molar-refractivity contribution in [2.45, 2.75) is 89.5 Å². The molecule has 3 rings (SSSR count). The zero-order chi connectivity index (χ0) is 14.2. The van der Waals surface area contributed by atoms with E-state index in [1.54, 1.807) is 0 Å². The summed E-state index contributed by atoms with van der Waals surface area (Å²) in [5, 5.41) is 7.57. The molecule has 0 aromatic carbocycles. The average molecular weight is 279 g/mol. The van der Waals surface area contributed by atoms with Crippen LogP contribution in [0.3, 0.4) is 0 Å². The summed E-state index contributed by atoms with van der Waals surface area (Å²) in [6.07, 6.45) is 10.3. The van der Waals surface area contributed by atoms with Crippen molar-refractivity contribution in [1.82, 2.24) is 15.5 Å². The molecular formula is C17H33N3. The van der Waals surface area contributed by atoms with Crippen LogP contribution < -0.4 is 10.6 Å². The van der Waals surface area contributed by atoms with Crippen molar-refractivity contribution < 1.29 is 0 Å². The summed E-state index contributed by atoms with van der Waals surface area (Å²) >= 11 is 0. The molecular weight excluding hydrogens is 246 g/mol. The highest BCUT2D eigenvalue weighted by atomic mass is 15.4. The van der Waals surface area contributed by atoms with Crippen LogP contribution in [-0.2, 0) is 0 Å². The van der Waals surface area contributed by atoms with E-state index in [0.29, 0.717) is 6.17 Å². The summed E-state index contributed by atoms with van der Waals surface area (Å²) in [5.41, 5.74) is 0.288. The van der Waals surface area contributed by atoms with E-state index in [2.05, 4.69) is 36.3 Å². The van der Waals surface area contributed by atoms with E-state index < -0.39 is 0 Å². The van der Waals surface area contributed by atoms with Gasteiger partial charge in [-0.1, -0.05) is 12.8 Å². The number of nitrogens with zero attached hydrogens (tertiary/aromatic N) is 1. The minimum atomic E-state index is 0.288. The van der Waals surface area contributed by atoms with Crippen LogP contribution in [0.4, 0.5) is 0 Å². The predicted octanol–water partition coefficient (Wildman–Crippen LogP) is 2.72. The quantitative estimate of drug-likeness (QED) is 0.814. The molecule has 3 heteroatoms. The van der Waals surface area contributed by atoms with Gasteiger partial charge in [0, 0.05) is 17.6 Å². The maximum absolute atomic E-state index is 3.99. The first-order chi connectivity index (χ1) is 9.55. The summed E-state index contributed by atoms with van der Waals surface area (Å²) in [6, 6.07) is 1.54. The smallest absolute Gasteiger partial charge is 0.0610 e. The van der Waals surface area contributed by atoms with Gasteiger partial charge in [0.05, 0.1) is 6.17 Å². The average Bonchev–Trinajstić information content (AvgIpc) is 2.77. The van der Waals surface area contributed by atoms with Gasteiger partial charge < -0.3 is 5.32 Å². The summed E-state index contributed by atoms with van der Waals surface area (Å²) in [5.74, 6) is 0.867. The molecule has 4 atom stereocenters. The van der Waals surface area contributed by atoms with Gasteiger partial charge in [-0.05, 0) is 71.9 Å². The van der Waals surface area contributed by atoms with E-state index in [4.69, 9.17) is 0 Å². The van der Waals surface area contributed by atoms with E-state index in [0.717, 1.165) is 18.0 Å². The minimum Gasteiger partial charge on any atom is -0.316 e. The fourth-order valence-corrected chi connectivity index (χ4v) is 4.78. The van der Waals surface area contributed by atoms with E-state index in [1.165, 1.54) is 58.0 Å². The van der Waals surface area contributed by atoms with E-state index >= 15 is 0 Å². The van der Waals surface area contributed by atoms with Crippen LogP contribution in [0.15, 0.2) is 0 Å². The second-order valence-electron chi connectivity index (χ2n) is 8.17. The van der Waals surface area contributed by atoms with Gasteiger partial charge >= 0.3 is 0 Å². The Balaban J connectivity index is 1.70. The lowest BCUT2D eigenvalue weighted by Gasteiger charge is -2.43. The lowest BCUT2D eigenvalue weighted by atomic mass is 9.88. The standard InChI is InChI=1S/C17H33N3/c1-17(2,3)20-15-9-5-4-8-14(15)19-16(20)11-13-7-6-10-18-12-13/h13-16,18-19H,4-12H2,1-3H3. The highest BCUT2D eigenvalue weighted by molar-refractivity contribution is 5.02. The van der Waals surface area contributed by atoms with Gasteiger partial charge in [0.15, 0.2) is 0 Å². The van der Waals surface area contributed by atoms with Crippen LogP contribution >= 0.6 is 0 Å². The molecule has 0 bridgehead atoms. The molecule has 3 fully saturated rings. The molecule has 0 spiro atoms.